The first-order chi connectivity index (χ1) is 12.4. The second kappa shape index (κ2) is 7.72. The minimum Gasteiger partial charge on any atom is -0.457 e. The van der Waals surface area contributed by atoms with Crippen molar-refractivity contribution in [1.29, 1.82) is 0 Å². The highest BCUT2D eigenvalue weighted by molar-refractivity contribution is 7.89. The molecule has 26 heavy (non-hydrogen) atoms. The van der Waals surface area contributed by atoms with Crippen LogP contribution in [0.4, 0.5) is 0 Å². The van der Waals surface area contributed by atoms with Crippen LogP contribution < -0.4 is 4.74 Å². The molecule has 0 amide bonds. The Bertz CT molecular complexity index is 950. The molecule has 0 spiro atoms. The van der Waals surface area contributed by atoms with E-state index in [2.05, 4.69) is 0 Å². The minimum atomic E-state index is -3.56. The average molecular weight is 367 g/mol. The molecule has 4 nitrogen and oxygen atoms in total. The topological polar surface area (TPSA) is 46.6 Å². The van der Waals surface area contributed by atoms with Gasteiger partial charge in [0.15, 0.2) is 0 Å². The Balaban J connectivity index is 1.73. The van der Waals surface area contributed by atoms with Crippen molar-refractivity contribution in [2.75, 3.05) is 7.05 Å². The van der Waals surface area contributed by atoms with Crippen molar-refractivity contribution in [2.45, 2.75) is 18.4 Å². The Morgan fingerprint density at radius 1 is 0.808 bits per heavy atom. The van der Waals surface area contributed by atoms with Gasteiger partial charge in [-0.15, -0.1) is 0 Å². The lowest BCUT2D eigenvalue weighted by atomic mass is 10.1. The smallest absolute Gasteiger partial charge is 0.243 e. The predicted molar refractivity (Wildman–Crippen MR) is 103 cm³/mol. The van der Waals surface area contributed by atoms with Gasteiger partial charge in [0.05, 0.1) is 4.90 Å². The Hall–Kier alpha value is -2.63. The highest BCUT2D eigenvalue weighted by Gasteiger charge is 2.20. The Morgan fingerprint density at radius 3 is 2.00 bits per heavy atom. The van der Waals surface area contributed by atoms with E-state index >= 15 is 0 Å². The van der Waals surface area contributed by atoms with Gasteiger partial charge in [0.25, 0.3) is 0 Å². The summed E-state index contributed by atoms with van der Waals surface area (Å²) in [4.78, 5) is 0.243. The van der Waals surface area contributed by atoms with Crippen LogP contribution in [0.2, 0.25) is 0 Å². The van der Waals surface area contributed by atoms with E-state index in [1.807, 2.05) is 61.5 Å². The summed E-state index contributed by atoms with van der Waals surface area (Å²) in [7, 11) is -1.97. The predicted octanol–water partition coefficient (Wildman–Crippen LogP) is 4.61. The number of benzene rings is 3. The minimum absolute atomic E-state index is 0.243. The number of ether oxygens (including phenoxy) is 1. The van der Waals surface area contributed by atoms with Crippen LogP contribution in [-0.2, 0) is 16.6 Å². The number of nitrogens with zero attached hydrogens (tertiary/aromatic N) is 1. The molecule has 0 heterocycles. The first-order valence-corrected chi connectivity index (χ1v) is 9.74. The maximum atomic E-state index is 12.8. The van der Waals surface area contributed by atoms with Crippen LogP contribution in [0.25, 0.3) is 0 Å². The summed E-state index contributed by atoms with van der Waals surface area (Å²) < 4.78 is 32.6. The second-order valence-corrected chi connectivity index (χ2v) is 8.18. The number of aryl methyl sites for hydroxylation is 1. The molecule has 0 atom stereocenters. The van der Waals surface area contributed by atoms with E-state index in [9.17, 15) is 8.42 Å². The van der Waals surface area contributed by atoms with Gasteiger partial charge in [0, 0.05) is 13.6 Å². The summed E-state index contributed by atoms with van der Waals surface area (Å²) in [6.07, 6.45) is 0. The largest absolute Gasteiger partial charge is 0.457 e. The first kappa shape index (κ1) is 18.2. The standard InChI is InChI=1S/C21H21NO3S/c1-17-8-10-18(11-9-17)16-22(2)26(23,24)21-14-12-20(13-15-21)25-19-6-4-3-5-7-19/h3-15H,16H2,1-2H3. The average Bonchev–Trinajstić information content (AvgIpc) is 2.65. The lowest BCUT2D eigenvalue weighted by Gasteiger charge is -2.17. The van der Waals surface area contributed by atoms with Crippen LogP contribution in [0.3, 0.4) is 0 Å². The van der Waals surface area contributed by atoms with Crippen molar-refractivity contribution in [2.24, 2.45) is 0 Å². The van der Waals surface area contributed by atoms with Crippen LogP contribution in [0.15, 0.2) is 83.8 Å². The molecule has 0 radical (unpaired) electrons. The van der Waals surface area contributed by atoms with E-state index in [0.29, 0.717) is 18.0 Å². The SMILES string of the molecule is Cc1ccc(CN(C)S(=O)(=O)c2ccc(Oc3ccccc3)cc2)cc1. The molecular formula is C21H21NO3S. The van der Waals surface area contributed by atoms with Crippen LogP contribution in [0, 0.1) is 6.92 Å². The van der Waals surface area contributed by atoms with Gasteiger partial charge < -0.3 is 4.74 Å². The number of hydrogen-bond acceptors (Lipinski definition) is 3. The molecule has 0 fully saturated rings. The number of rotatable bonds is 6. The molecule has 134 valence electrons. The highest BCUT2D eigenvalue weighted by atomic mass is 32.2. The zero-order chi connectivity index (χ0) is 18.6. The van der Waals surface area contributed by atoms with Gasteiger partial charge in [-0.3, -0.25) is 0 Å². The quantitative estimate of drug-likeness (QED) is 0.639. The summed E-state index contributed by atoms with van der Waals surface area (Å²) in [5.74, 6) is 1.30. The van der Waals surface area contributed by atoms with Crippen LogP contribution in [-0.4, -0.2) is 19.8 Å². The van der Waals surface area contributed by atoms with Crippen molar-refractivity contribution < 1.29 is 13.2 Å². The number of sulfonamides is 1. The normalized spacial score (nSPS) is 11.5. The molecule has 5 heteroatoms. The summed E-state index contributed by atoms with van der Waals surface area (Å²) in [6, 6.07) is 23.7. The Kier molecular flexibility index (Phi) is 5.40. The van der Waals surface area contributed by atoms with E-state index in [4.69, 9.17) is 4.74 Å². The summed E-state index contributed by atoms with van der Waals surface area (Å²) in [6.45, 7) is 2.33. The van der Waals surface area contributed by atoms with Crippen molar-refractivity contribution >= 4 is 10.0 Å². The van der Waals surface area contributed by atoms with Crippen molar-refractivity contribution in [3.8, 4) is 11.5 Å². The van der Waals surface area contributed by atoms with E-state index in [1.54, 1.807) is 31.3 Å². The van der Waals surface area contributed by atoms with Gasteiger partial charge in [0.1, 0.15) is 11.5 Å². The molecule has 0 unspecified atom stereocenters. The second-order valence-electron chi connectivity index (χ2n) is 6.13. The number of hydrogen-bond donors (Lipinski definition) is 0. The zero-order valence-corrected chi connectivity index (χ0v) is 15.6. The van der Waals surface area contributed by atoms with Gasteiger partial charge >= 0.3 is 0 Å². The van der Waals surface area contributed by atoms with Gasteiger partial charge in [-0.25, -0.2) is 8.42 Å². The van der Waals surface area contributed by atoms with Crippen molar-refractivity contribution in [3.63, 3.8) is 0 Å². The lowest BCUT2D eigenvalue weighted by molar-refractivity contribution is 0.465. The molecule has 0 bridgehead atoms. The molecule has 0 aromatic heterocycles. The molecule has 0 N–H and O–H groups in total. The zero-order valence-electron chi connectivity index (χ0n) is 14.8. The molecule has 0 saturated heterocycles. The van der Waals surface area contributed by atoms with E-state index < -0.39 is 10.0 Å². The monoisotopic (exact) mass is 367 g/mol. The maximum absolute atomic E-state index is 12.8. The lowest BCUT2D eigenvalue weighted by Crippen LogP contribution is -2.26. The fourth-order valence-electron chi connectivity index (χ4n) is 2.52. The molecule has 0 aliphatic rings. The van der Waals surface area contributed by atoms with Crippen LogP contribution >= 0.6 is 0 Å². The Morgan fingerprint density at radius 2 is 1.38 bits per heavy atom. The van der Waals surface area contributed by atoms with Crippen molar-refractivity contribution in [3.05, 3.63) is 90.0 Å². The third-order valence-electron chi connectivity index (χ3n) is 4.04. The molecule has 3 aromatic rings. The third-order valence-corrected chi connectivity index (χ3v) is 5.85. The highest BCUT2D eigenvalue weighted by Crippen LogP contribution is 2.24. The summed E-state index contributed by atoms with van der Waals surface area (Å²) in [5.41, 5.74) is 2.10. The van der Waals surface area contributed by atoms with Crippen molar-refractivity contribution in [1.82, 2.24) is 4.31 Å². The molecule has 0 aliphatic carbocycles. The fraction of sp³-hybridized carbons (Fsp3) is 0.143. The molecule has 3 rings (SSSR count). The van der Waals surface area contributed by atoms with Gasteiger partial charge in [-0.1, -0.05) is 48.0 Å². The van der Waals surface area contributed by atoms with E-state index in [-0.39, 0.29) is 4.90 Å². The van der Waals surface area contributed by atoms with Gasteiger partial charge in [0.2, 0.25) is 10.0 Å². The first-order valence-electron chi connectivity index (χ1n) is 8.30. The summed E-state index contributed by atoms with van der Waals surface area (Å²) in [5, 5.41) is 0. The molecule has 0 aliphatic heterocycles. The number of para-hydroxylation sites is 1. The van der Waals surface area contributed by atoms with Gasteiger partial charge in [-0.2, -0.15) is 4.31 Å². The van der Waals surface area contributed by atoms with E-state index in [0.717, 1.165) is 11.1 Å². The van der Waals surface area contributed by atoms with Gasteiger partial charge in [-0.05, 0) is 48.9 Å². The summed E-state index contributed by atoms with van der Waals surface area (Å²) >= 11 is 0. The fourth-order valence-corrected chi connectivity index (χ4v) is 3.68. The third kappa shape index (κ3) is 4.31. The Labute approximate surface area is 154 Å². The van der Waals surface area contributed by atoms with Crippen LogP contribution in [0.1, 0.15) is 11.1 Å². The van der Waals surface area contributed by atoms with Crippen LogP contribution in [0.5, 0.6) is 11.5 Å². The molecular weight excluding hydrogens is 346 g/mol. The molecule has 3 aromatic carbocycles. The molecule has 0 saturated carbocycles. The van der Waals surface area contributed by atoms with E-state index in [1.165, 1.54) is 4.31 Å². The maximum Gasteiger partial charge on any atom is 0.243 e.